The van der Waals surface area contributed by atoms with Crippen molar-refractivity contribution in [3.05, 3.63) is 35.9 Å². The summed E-state index contributed by atoms with van der Waals surface area (Å²) in [5, 5.41) is 0. The molecule has 0 radical (unpaired) electrons. The lowest BCUT2D eigenvalue weighted by Crippen LogP contribution is -2.42. The van der Waals surface area contributed by atoms with Crippen molar-refractivity contribution < 1.29 is 14.3 Å². The van der Waals surface area contributed by atoms with Gasteiger partial charge in [0.2, 0.25) is 5.91 Å². The smallest absolute Gasteiger partial charge is 0.320 e. The number of hydrogen-bond acceptors (Lipinski definition) is 4. The van der Waals surface area contributed by atoms with Crippen LogP contribution in [-0.4, -0.2) is 17.5 Å². The number of nitrogens with two attached hydrogens (primary N) is 2. The zero-order valence-electron chi connectivity index (χ0n) is 11.4. The summed E-state index contributed by atoms with van der Waals surface area (Å²) in [5.41, 5.74) is 11.2. The van der Waals surface area contributed by atoms with Crippen LogP contribution in [0.3, 0.4) is 0 Å². The van der Waals surface area contributed by atoms with E-state index in [-0.39, 0.29) is 0 Å². The molecule has 0 saturated heterocycles. The largest absolute Gasteiger partial charge is 0.459 e. The van der Waals surface area contributed by atoms with Gasteiger partial charge in [-0.15, -0.1) is 0 Å². The zero-order valence-corrected chi connectivity index (χ0v) is 11.4. The quantitative estimate of drug-likeness (QED) is 0.629. The van der Waals surface area contributed by atoms with E-state index in [0.717, 1.165) is 0 Å². The Kier molecular flexibility index (Phi) is 4.67. The first-order chi connectivity index (χ1) is 8.72. The first-order valence-corrected chi connectivity index (χ1v) is 6.05. The van der Waals surface area contributed by atoms with Gasteiger partial charge in [0.05, 0.1) is 6.04 Å². The average molecular weight is 264 g/mol. The van der Waals surface area contributed by atoms with Crippen LogP contribution in [0.2, 0.25) is 0 Å². The second kappa shape index (κ2) is 5.84. The van der Waals surface area contributed by atoms with Gasteiger partial charge >= 0.3 is 5.97 Å². The van der Waals surface area contributed by atoms with Crippen molar-refractivity contribution in [2.24, 2.45) is 17.4 Å². The van der Waals surface area contributed by atoms with E-state index >= 15 is 0 Å². The monoisotopic (exact) mass is 264 g/mol. The molecule has 2 atom stereocenters. The maximum atomic E-state index is 12.0. The molecule has 0 heterocycles. The lowest BCUT2D eigenvalue weighted by Gasteiger charge is -2.25. The van der Waals surface area contributed by atoms with E-state index in [2.05, 4.69) is 0 Å². The molecule has 5 nitrogen and oxygen atoms in total. The number of esters is 1. The van der Waals surface area contributed by atoms with Gasteiger partial charge in [-0.3, -0.25) is 9.59 Å². The molecule has 1 aromatic carbocycles. The Morgan fingerprint density at radius 2 is 1.68 bits per heavy atom. The summed E-state index contributed by atoms with van der Waals surface area (Å²) in [6.07, 6.45) is 0. The molecule has 0 fully saturated rings. The molecule has 0 aliphatic heterocycles. The van der Waals surface area contributed by atoms with Gasteiger partial charge in [0.25, 0.3) is 0 Å². The third kappa shape index (κ3) is 4.37. The van der Waals surface area contributed by atoms with Crippen molar-refractivity contribution >= 4 is 11.9 Å². The Bertz CT molecular complexity index is 452. The first-order valence-electron chi connectivity index (χ1n) is 6.05. The van der Waals surface area contributed by atoms with Crippen LogP contribution < -0.4 is 11.5 Å². The van der Waals surface area contributed by atoms with E-state index in [0.29, 0.717) is 5.56 Å². The summed E-state index contributed by atoms with van der Waals surface area (Å²) in [6, 6.07) is 8.05. The molecule has 19 heavy (non-hydrogen) atoms. The fraction of sp³-hybridized carbons (Fsp3) is 0.429. The van der Waals surface area contributed by atoms with Crippen LogP contribution in [0, 0.1) is 5.92 Å². The van der Waals surface area contributed by atoms with Crippen molar-refractivity contribution in [2.45, 2.75) is 32.4 Å². The van der Waals surface area contributed by atoms with Gasteiger partial charge in [-0.25, -0.2) is 0 Å². The summed E-state index contributed by atoms with van der Waals surface area (Å²) < 4.78 is 5.18. The maximum absolute atomic E-state index is 12.0. The van der Waals surface area contributed by atoms with Gasteiger partial charge in [-0.2, -0.15) is 0 Å². The van der Waals surface area contributed by atoms with Crippen LogP contribution in [0.25, 0.3) is 0 Å². The minimum Gasteiger partial charge on any atom is -0.459 e. The molecule has 0 aromatic heterocycles. The van der Waals surface area contributed by atoms with Crippen LogP contribution in [0.5, 0.6) is 0 Å². The van der Waals surface area contributed by atoms with Gasteiger partial charge in [-0.05, 0) is 26.3 Å². The first kappa shape index (κ1) is 15.2. The minimum absolute atomic E-state index is 0.664. The molecule has 0 aliphatic rings. The Morgan fingerprint density at radius 1 is 1.16 bits per heavy atom. The van der Waals surface area contributed by atoms with Gasteiger partial charge in [-0.1, -0.05) is 30.3 Å². The molecular weight excluding hydrogens is 244 g/mol. The summed E-state index contributed by atoms with van der Waals surface area (Å²) >= 11 is 0. The summed E-state index contributed by atoms with van der Waals surface area (Å²) in [6.45, 7) is 5.16. The van der Waals surface area contributed by atoms with E-state index in [1.807, 2.05) is 6.07 Å². The normalized spacial score (nSPS) is 14.5. The molecule has 0 saturated carbocycles. The van der Waals surface area contributed by atoms with Crippen LogP contribution in [0.15, 0.2) is 30.3 Å². The number of ether oxygens (including phenoxy) is 1. The molecule has 1 rings (SSSR count). The highest BCUT2D eigenvalue weighted by Crippen LogP contribution is 2.22. The van der Waals surface area contributed by atoms with E-state index in [4.69, 9.17) is 16.2 Å². The van der Waals surface area contributed by atoms with Crippen molar-refractivity contribution in [1.82, 2.24) is 0 Å². The Morgan fingerprint density at radius 3 is 2.11 bits per heavy atom. The highest BCUT2D eigenvalue weighted by Gasteiger charge is 2.35. The van der Waals surface area contributed by atoms with E-state index in [1.165, 1.54) is 0 Å². The topological polar surface area (TPSA) is 95.4 Å². The van der Waals surface area contributed by atoms with Crippen molar-refractivity contribution in [3.8, 4) is 0 Å². The summed E-state index contributed by atoms with van der Waals surface area (Å²) in [5.74, 6) is -2.68. The lowest BCUT2D eigenvalue weighted by molar-refractivity contribution is -0.162. The number of carbonyl (C=O) groups is 2. The third-order valence-corrected chi connectivity index (χ3v) is 2.51. The maximum Gasteiger partial charge on any atom is 0.320 e. The van der Waals surface area contributed by atoms with E-state index in [9.17, 15) is 9.59 Å². The molecule has 0 bridgehead atoms. The van der Waals surface area contributed by atoms with Crippen molar-refractivity contribution in [2.75, 3.05) is 0 Å². The van der Waals surface area contributed by atoms with Crippen LogP contribution in [0.1, 0.15) is 32.4 Å². The van der Waals surface area contributed by atoms with E-state index < -0.39 is 29.4 Å². The molecule has 4 N–H and O–H groups in total. The molecule has 0 aliphatic carbocycles. The number of amides is 1. The molecule has 1 aromatic rings. The number of benzene rings is 1. The summed E-state index contributed by atoms with van der Waals surface area (Å²) in [4.78, 5) is 23.5. The zero-order chi connectivity index (χ0) is 14.6. The van der Waals surface area contributed by atoms with Gasteiger partial charge in [0, 0.05) is 0 Å². The fourth-order valence-corrected chi connectivity index (χ4v) is 1.67. The predicted octanol–water partition coefficient (Wildman–Crippen LogP) is 1.13. The average Bonchev–Trinajstić information content (AvgIpc) is 2.27. The Labute approximate surface area is 112 Å². The second-order valence-corrected chi connectivity index (χ2v) is 5.35. The van der Waals surface area contributed by atoms with Crippen molar-refractivity contribution in [1.29, 1.82) is 0 Å². The van der Waals surface area contributed by atoms with Crippen LogP contribution in [0.4, 0.5) is 0 Å². The van der Waals surface area contributed by atoms with Crippen LogP contribution >= 0.6 is 0 Å². The highest BCUT2D eigenvalue weighted by molar-refractivity contribution is 5.98. The molecule has 104 valence electrons. The number of carbonyl (C=O) groups excluding carboxylic acids is 2. The SMILES string of the molecule is CC(C)(C)OC(=O)[C@H](C(N)=O)C(N)c1ccccc1. The molecule has 1 amide bonds. The molecule has 0 spiro atoms. The number of primary amides is 1. The molecule has 1 unspecified atom stereocenters. The Balaban J connectivity index is 2.96. The Hall–Kier alpha value is -1.88. The standard InChI is InChI=1S/C14H20N2O3/c1-14(2,3)19-13(18)10(12(16)17)11(15)9-7-5-4-6-8-9/h4-8,10-11H,15H2,1-3H3,(H2,16,17)/t10-,11?/m0/s1. The predicted molar refractivity (Wildman–Crippen MR) is 71.9 cm³/mol. The van der Waals surface area contributed by atoms with Gasteiger partial charge in [0.15, 0.2) is 5.92 Å². The number of rotatable bonds is 4. The molecule has 5 heteroatoms. The summed E-state index contributed by atoms with van der Waals surface area (Å²) in [7, 11) is 0. The van der Waals surface area contributed by atoms with Crippen LogP contribution in [-0.2, 0) is 14.3 Å². The van der Waals surface area contributed by atoms with E-state index in [1.54, 1.807) is 45.0 Å². The third-order valence-electron chi connectivity index (χ3n) is 2.51. The lowest BCUT2D eigenvalue weighted by atomic mass is 9.93. The fourth-order valence-electron chi connectivity index (χ4n) is 1.67. The molecular formula is C14H20N2O3. The second-order valence-electron chi connectivity index (χ2n) is 5.35. The van der Waals surface area contributed by atoms with Gasteiger partial charge in [0.1, 0.15) is 5.60 Å². The van der Waals surface area contributed by atoms with Gasteiger partial charge < -0.3 is 16.2 Å². The number of hydrogen-bond donors (Lipinski definition) is 2. The minimum atomic E-state index is -1.19. The highest BCUT2D eigenvalue weighted by atomic mass is 16.6. The van der Waals surface area contributed by atoms with Crippen molar-refractivity contribution in [3.63, 3.8) is 0 Å².